The number of carbonyl (C=O) groups is 1. The monoisotopic (exact) mass is 372 g/mol. The number of nitriles is 1. The second-order valence-corrected chi connectivity index (χ2v) is 6.64. The molecule has 0 aliphatic heterocycles. The van der Waals surface area contributed by atoms with Crippen LogP contribution in [0.3, 0.4) is 0 Å². The van der Waals surface area contributed by atoms with Gasteiger partial charge < -0.3 is 4.90 Å². The Balaban J connectivity index is 1.91. The summed E-state index contributed by atoms with van der Waals surface area (Å²) in [5.41, 5.74) is 1.99. The van der Waals surface area contributed by atoms with Crippen molar-refractivity contribution < 1.29 is 4.79 Å². The minimum atomic E-state index is -0.300. The van der Waals surface area contributed by atoms with Gasteiger partial charge in [0.1, 0.15) is 5.69 Å². The Morgan fingerprint density at radius 1 is 1.07 bits per heavy atom. The van der Waals surface area contributed by atoms with E-state index in [1.807, 2.05) is 44.2 Å². The smallest absolute Gasteiger partial charge is 0.274 e. The van der Waals surface area contributed by atoms with Gasteiger partial charge in [-0.1, -0.05) is 30.3 Å². The third-order valence-electron chi connectivity index (χ3n) is 4.34. The standard InChI is InChI=1S/C22H20N4O2/c1-16(2)25(15-18-10-8-17(14-23)9-11-18)22(28)20-12-13-21(27)26(24-20)19-6-4-3-5-7-19/h3-13,16H,15H2,1-2H3. The number of nitrogens with zero attached hydrogens (tertiary/aromatic N) is 4. The fourth-order valence-corrected chi connectivity index (χ4v) is 2.80. The van der Waals surface area contributed by atoms with Crippen molar-refractivity contribution in [1.82, 2.24) is 14.7 Å². The third-order valence-corrected chi connectivity index (χ3v) is 4.34. The van der Waals surface area contributed by atoms with Crippen LogP contribution in [-0.2, 0) is 6.54 Å². The maximum Gasteiger partial charge on any atom is 0.274 e. The van der Waals surface area contributed by atoms with Crippen molar-refractivity contribution in [3.63, 3.8) is 0 Å². The number of rotatable bonds is 5. The van der Waals surface area contributed by atoms with Crippen molar-refractivity contribution in [2.45, 2.75) is 26.4 Å². The summed E-state index contributed by atoms with van der Waals surface area (Å²) in [7, 11) is 0. The van der Waals surface area contributed by atoms with Gasteiger partial charge in [0.15, 0.2) is 0 Å². The Labute approximate surface area is 163 Å². The number of aromatic nitrogens is 2. The van der Waals surface area contributed by atoms with Crippen molar-refractivity contribution >= 4 is 5.91 Å². The minimum absolute atomic E-state index is 0.0675. The molecule has 0 N–H and O–H groups in total. The summed E-state index contributed by atoms with van der Waals surface area (Å²) in [6.07, 6.45) is 0. The average molecular weight is 372 g/mol. The van der Waals surface area contributed by atoms with Crippen LogP contribution in [0.1, 0.15) is 35.5 Å². The molecule has 140 valence electrons. The molecule has 0 aliphatic carbocycles. The SMILES string of the molecule is CC(C)N(Cc1ccc(C#N)cc1)C(=O)c1ccc(=O)n(-c2ccccc2)n1. The first kappa shape index (κ1) is 19.1. The van der Waals surface area contributed by atoms with E-state index in [1.54, 1.807) is 29.2 Å². The van der Waals surface area contributed by atoms with Crippen LogP contribution < -0.4 is 5.56 Å². The second kappa shape index (κ2) is 8.31. The molecule has 6 nitrogen and oxygen atoms in total. The van der Waals surface area contributed by atoms with Gasteiger partial charge in [-0.15, -0.1) is 0 Å². The molecule has 0 fully saturated rings. The molecule has 1 heterocycles. The molecule has 0 unspecified atom stereocenters. The normalized spacial score (nSPS) is 10.5. The zero-order valence-electron chi connectivity index (χ0n) is 15.7. The van der Waals surface area contributed by atoms with E-state index in [4.69, 9.17) is 5.26 Å². The molecule has 0 saturated carbocycles. The molecule has 3 aromatic rings. The highest BCUT2D eigenvalue weighted by Crippen LogP contribution is 2.13. The summed E-state index contributed by atoms with van der Waals surface area (Å²) in [4.78, 5) is 27.0. The lowest BCUT2D eigenvalue weighted by Crippen LogP contribution is -2.38. The van der Waals surface area contributed by atoms with Crippen molar-refractivity contribution in [1.29, 1.82) is 5.26 Å². The Hall–Kier alpha value is -3.72. The Bertz CT molecular complexity index is 1060. The predicted octanol–water partition coefficient (Wildman–Crippen LogP) is 3.15. The van der Waals surface area contributed by atoms with E-state index in [2.05, 4.69) is 11.2 Å². The van der Waals surface area contributed by atoms with E-state index in [0.29, 0.717) is 17.8 Å². The lowest BCUT2D eigenvalue weighted by molar-refractivity contribution is 0.0682. The van der Waals surface area contributed by atoms with Gasteiger partial charge in [0.2, 0.25) is 0 Å². The zero-order chi connectivity index (χ0) is 20.1. The topological polar surface area (TPSA) is 79.0 Å². The summed E-state index contributed by atoms with van der Waals surface area (Å²) in [6.45, 7) is 4.23. The maximum absolute atomic E-state index is 13.1. The van der Waals surface area contributed by atoms with Crippen LogP contribution in [0, 0.1) is 11.3 Å². The quantitative estimate of drug-likeness (QED) is 0.689. The molecule has 1 aromatic heterocycles. The molecular formula is C22H20N4O2. The fraction of sp³-hybridized carbons (Fsp3) is 0.182. The number of amides is 1. The van der Waals surface area contributed by atoms with E-state index in [9.17, 15) is 9.59 Å². The molecule has 0 aliphatic rings. The molecule has 0 radical (unpaired) electrons. The summed E-state index contributed by atoms with van der Waals surface area (Å²) in [6, 6.07) is 20.9. The van der Waals surface area contributed by atoms with Gasteiger partial charge in [-0.2, -0.15) is 15.0 Å². The van der Waals surface area contributed by atoms with Crippen molar-refractivity contribution in [2.24, 2.45) is 0 Å². The molecule has 0 spiro atoms. The van der Waals surface area contributed by atoms with Gasteiger partial charge in [0.25, 0.3) is 11.5 Å². The van der Waals surface area contributed by atoms with E-state index in [1.165, 1.54) is 16.8 Å². The second-order valence-electron chi connectivity index (χ2n) is 6.64. The van der Waals surface area contributed by atoms with E-state index >= 15 is 0 Å². The molecule has 0 atom stereocenters. The Kier molecular flexibility index (Phi) is 5.66. The fourth-order valence-electron chi connectivity index (χ4n) is 2.80. The number of benzene rings is 2. The van der Waals surface area contributed by atoms with Crippen LogP contribution in [0.5, 0.6) is 0 Å². The summed E-state index contributed by atoms with van der Waals surface area (Å²) >= 11 is 0. The predicted molar refractivity (Wildman–Crippen MR) is 106 cm³/mol. The molecule has 0 saturated heterocycles. The first-order valence-corrected chi connectivity index (χ1v) is 8.95. The lowest BCUT2D eigenvalue weighted by atomic mass is 10.1. The van der Waals surface area contributed by atoms with Crippen molar-refractivity contribution in [3.8, 4) is 11.8 Å². The summed E-state index contributed by atoms with van der Waals surface area (Å²) in [5.74, 6) is -0.260. The molecular weight excluding hydrogens is 352 g/mol. The van der Waals surface area contributed by atoms with Gasteiger partial charge in [-0.05, 0) is 49.7 Å². The molecule has 0 bridgehead atoms. The largest absolute Gasteiger partial charge is 0.331 e. The van der Waals surface area contributed by atoms with E-state index in [0.717, 1.165) is 5.56 Å². The van der Waals surface area contributed by atoms with Crippen molar-refractivity contribution in [3.05, 3.63) is 93.9 Å². The number of hydrogen-bond acceptors (Lipinski definition) is 4. The van der Waals surface area contributed by atoms with Gasteiger partial charge >= 0.3 is 0 Å². The van der Waals surface area contributed by atoms with Gasteiger partial charge in [-0.3, -0.25) is 9.59 Å². The van der Waals surface area contributed by atoms with Crippen LogP contribution in [0.4, 0.5) is 0 Å². The summed E-state index contributed by atoms with van der Waals surface area (Å²) in [5, 5.41) is 13.2. The molecule has 6 heteroatoms. The van der Waals surface area contributed by atoms with Crippen LogP contribution >= 0.6 is 0 Å². The number of carbonyl (C=O) groups excluding carboxylic acids is 1. The van der Waals surface area contributed by atoms with Crippen LogP contribution in [0.15, 0.2) is 71.5 Å². The van der Waals surface area contributed by atoms with Gasteiger partial charge in [0, 0.05) is 18.7 Å². The Morgan fingerprint density at radius 2 is 1.75 bits per heavy atom. The molecule has 1 amide bonds. The zero-order valence-corrected chi connectivity index (χ0v) is 15.7. The molecule has 2 aromatic carbocycles. The van der Waals surface area contributed by atoms with E-state index < -0.39 is 0 Å². The Morgan fingerprint density at radius 3 is 2.36 bits per heavy atom. The average Bonchev–Trinajstić information content (AvgIpc) is 2.72. The highest BCUT2D eigenvalue weighted by atomic mass is 16.2. The third kappa shape index (κ3) is 4.15. The van der Waals surface area contributed by atoms with E-state index in [-0.39, 0.29) is 23.2 Å². The first-order valence-electron chi connectivity index (χ1n) is 8.95. The maximum atomic E-state index is 13.1. The van der Waals surface area contributed by atoms with Gasteiger partial charge in [-0.25, -0.2) is 0 Å². The number of para-hydroxylation sites is 1. The van der Waals surface area contributed by atoms with Crippen LogP contribution in [-0.4, -0.2) is 26.6 Å². The minimum Gasteiger partial charge on any atom is -0.331 e. The summed E-state index contributed by atoms with van der Waals surface area (Å²) < 4.78 is 1.23. The molecule has 3 rings (SSSR count). The van der Waals surface area contributed by atoms with Crippen LogP contribution in [0.2, 0.25) is 0 Å². The first-order chi connectivity index (χ1) is 13.5. The molecule has 28 heavy (non-hydrogen) atoms. The number of hydrogen-bond donors (Lipinski definition) is 0. The highest BCUT2D eigenvalue weighted by Gasteiger charge is 2.21. The van der Waals surface area contributed by atoms with Gasteiger partial charge in [0.05, 0.1) is 17.3 Å². The highest BCUT2D eigenvalue weighted by molar-refractivity contribution is 5.92. The lowest BCUT2D eigenvalue weighted by Gasteiger charge is -2.26. The van der Waals surface area contributed by atoms with Crippen molar-refractivity contribution in [2.75, 3.05) is 0 Å². The van der Waals surface area contributed by atoms with Crippen LogP contribution in [0.25, 0.3) is 5.69 Å².